The van der Waals surface area contributed by atoms with Crippen LogP contribution in [0.4, 0.5) is 0 Å². The van der Waals surface area contributed by atoms with Gasteiger partial charge in [-0.3, -0.25) is 0 Å². The summed E-state index contributed by atoms with van der Waals surface area (Å²) in [5.41, 5.74) is 5.08. The summed E-state index contributed by atoms with van der Waals surface area (Å²) in [5, 5.41) is 3.92. The van der Waals surface area contributed by atoms with Gasteiger partial charge in [-0.15, -0.1) is 0 Å². The molecule has 0 aliphatic heterocycles. The van der Waals surface area contributed by atoms with Crippen LogP contribution in [0.2, 0.25) is 0 Å². The van der Waals surface area contributed by atoms with Gasteiger partial charge in [0.1, 0.15) is 20.2 Å². The average molecular weight is 945 g/mol. The van der Waals surface area contributed by atoms with Crippen LogP contribution in [0.5, 0.6) is 0 Å². The molecule has 6 nitrogen and oxygen atoms in total. The summed E-state index contributed by atoms with van der Waals surface area (Å²) in [7, 11) is -8.85. The molecule has 57 heavy (non-hydrogen) atoms. The summed E-state index contributed by atoms with van der Waals surface area (Å²) in [5.74, 6) is 0. The third-order valence-corrected chi connectivity index (χ3v) is 12.6. The third-order valence-electron chi connectivity index (χ3n) is 11.0. The maximum Gasteiger partial charge on any atom is 2.00 e. The predicted molar refractivity (Wildman–Crippen MR) is 239 cm³/mol. The van der Waals surface area contributed by atoms with Gasteiger partial charge in [0, 0.05) is 0 Å². The van der Waals surface area contributed by atoms with Crippen LogP contribution in [-0.4, -0.2) is 74.8 Å². The summed E-state index contributed by atoms with van der Waals surface area (Å²) >= 11 is 0. The van der Waals surface area contributed by atoms with E-state index in [1.165, 1.54) is 137 Å². The first-order valence-electron chi connectivity index (χ1n) is 21.9. The minimum atomic E-state index is -4.42. The molecule has 0 fully saturated rings. The monoisotopic (exact) mass is 944 g/mol. The first-order valence-corrected chi connectivity index (χ1v) is 24.8. The molecule has 0 spiro atoms. The Labute approximate surface area is 387 Å². The fourth-order valence-corrected chi connectivity index (χ4v) is 8.72. The van der Waals surface area contributed by atoms with E-state index in [1.54, 1.807) is 12.1 Å². The van der Waals surface area contributed by atoms with Crippen molar-refractivity contribution in [1.82, 2.24) is 0 Å². The molecule has 0 N–H and O–H groups in total. The van der Waals surface area contributed by atoms with Crippen LogP contribution < -0.4 is 0 Å². The second-order valence-corrected chi connectivity index (χ2v) is 18.6. The van der Waals surface area contributed by atoms with Crippen molar-refractivity contribution in [1.29, 1.82) is 0 Å². The Balaban J connectivity index is 0.000000387. The Morgan fingerprint density at radius 2 is 0.684 bits per heavy atom. The van der Waals surface area contributed by atoms with Crippen LogP contribution in [0.25, 0.3) is 21.5 Å². The van der Waals surface area contributed by atoms with Gasteiger partial charge in [0.05, 0.1) is 9.79 Å². The zero-order valence-corrected chi connectivity index (χ0v) is 41.8. The number of rotatable bonds is 26. The number of unbranched alkanes of at least 4 members (excludes halogenated alkanes) is 16. The molecular formula is C48H70BaO6S2. The molecule has 0 bridgehead atoms. The van der Waals surface area contributed by atoms with E-state index in [2.05, 4.69) is 52.0 Å². The Kier molecular flexibility index (Phi) is 25.8. The van der Waals surface area contributed by atoms with Gasteiger partial charge in [0.25, 0.3) is 0 Å². The fourth-order valence-electron chi connectivity index (χ4n) is 7.71. The topological polar surface area (TPSA) is 114 Å². The van der Waals surface area contributed by atoms with Crippen molar-refractivity contribution in [2.45, 2.75) is 192 Å². The van der Waals surface area contributed by atoms with Crippen LogP contribution in [0, 0.1) is 0 Å². The molecule has 4 aromatic carbocycles. The molecule has 0 atom stereocenters. The molecule has 4 rings (SSSR count). The third kappa shape index (κ3) is 19.4. The normalized spacial score (nSPS) is 11.8. The zero-order chi connectivity index (χ0) is 40.8. The quantitative estimate of drug-likeness (QED) is 0.0352. The van der Waals surface area contributed by atoms with E-state index in [9.17, 15) is 25.9 Å². The largest absolute Gasteiger partial charge is 2.00 e. The van der Waals surface area contributed by atoms with Gasteiger partial charge < -0.3 is 9.11 Å². The van der Waals surface area contributed by atoms with Gasteiger partial charge in [-0.05, 0) is 119 Å². The summed E-state index contributed by atoms with van der Waals surface area (Å²) < 4.78 is 68.6. The summed E-state index contributed by atoms with van der Waals surface area (Å²) in [6.45, 7) is 8.88. The summed E-state index contributed by atoms with van der Waals surface area (Å²) in [6, 6.07) is 18.4. The van der Waals surface area contributed by atoms with E-state index in [1.807, 2.05) is 12.1 Å². The molecule has 0 amide bonds. The van der Waals surface area contributed by atoms with Crippen LogP contribution in [0.1, 0.15) is 178 Å². The fraction of sp³-hybridized carbons (Fsp3) is 0.583. The summed E-state index contributed by atoms with van der Waals surface area (Å²) in [4.78, 5) is -0.261. The molecule has 0 aromatic heterocycles. The smallest absolute Gasteiger partial charge is 0.744 e. The SMILES string of the molecule is CCCCCCCc1cc(CCCCCCC)c2ccc(S(=O)(=O)[O-])cc2c1.CCCCCCCc1cc(CCCCCCC)c2ccc(S(=O)(=O)[O-])cc2c1.[Ba+2]. The van der Waals surface area contributed by atoms with Crippen LogP contribution in [0.15, 0.2) is 70.5 Å². The van der Waals surface area contributed by atoms with Crippen molar-refractivity contribution in [3.05, 3.63) is 82.9 Å². The Hall–Kier alpha value is -1.21. The van der Waals surface area contributed by atoms with Crippen molar-refractivity contribution in [2.24, 2.45) is 0 Å². The molecule has 9 heteroatoms. The van der Waals surface area contributed by atoms with Crippen molar-refractivity contribution in [2.75, 3.05) is 0 Å². The summed E-state index contributed by atoms with van der Waals surface area (Å²) in [6.07, 6.45) is 28.7. The minimum Gasteiger partial charge on any atom is -0.744 e. The van der Waals surface area contributed by atoms with Gasteiger partial charge >= 0.3 is 48.9 Å². The van der Waals surface area contributed by atoms with E-state index in [-0.39, 0.29) is 58.7 Å². The molecule has 0 saturated carbocycles. The van der Waals surface area contributed by atoms with Crippen molar-refractivity contribution >= 4 is 90.7 Å². The van der Waals surface area contributed by atoms with E-state index >= 15 is 0 Å². The van der Waals surface area contributed by atoms with Gasteiger partial charge in [-0.25, -0.2) is 16.8 Å². The first-order chi connectivity index (χ1) is 26.9. The zero-order valence-electron chi connectivity index (χ0n) is 35.7. The van der Waals surface area contributed by atoms with Gasteiger partial charge in [0.2, 0.25) is 0 Å². The number of benzene rings is 4. The molecule has 0 aliphatic carbocycles. The Morgan fingerprint density at radius 1 is 0.386 bits per heavy atom. The van der Waals surface area contributed by atoms with Crippen LogP contribution in [0.3, 0.4) is 0 Å². The second-order valence-electron chi connectivity index (χ2n) is 15.8. The molecule has 0 saturated heterocycles. The van der Waals surface area contributed by atoms with Crippen molar-refractivity contribution < 1.29 is 25.9 Å². The van der Waals surface area contributed by atoms with Gasteiger partial charge in [-0.2, -0.15) is 0 Å². The molecule has 312 valence electrons. The molecule has 4 aromatic rings. The van der Waals surface area contributed by atoms with Crippen molar-refractivity contribution in [3.8, 4) is 0 Å². The Bertz CT molecular complexity index is 1830. The van der Waals surface area contributed by atoms with E-state index in [4.69, 9.17) is 0 Å². The number of hydrogen-bond acceptors (Lipinski definition) is 6. The maximum atomic E-state index is 11.4. The number of fused-ring (bicyclic) bond motifs is 2. The molecule has 0 heterocycles. The number of aryl methyl sites for hydroxylation is 4. The van der Waals surface area contributed by atoms with E-state index < -0.39 is 20.2 Å². The van der Waals surface area contributed by atoms with Gasteiger partial charge in [0.15, 0.2) is 0 Å². The minimum absolute atomic E-state index is 0. The molecule has 0 radical (unpaired) electrons. The Morgan fingerprint density at radius 3 is 0.982 bits per heavy atom. The first kappa shape index (κ1) is 51.9. The number of hydrogen-bond donors (Lipinski definition) is 0. The average Bonchev–Trinajstić information content (AvgIpc) is 3.16. The van der Waals surface area contributed by atoms with Gasteiger partial charge in [-0.1, -0.05) is 167 Å². The van der Waals surface area contributed by atoms with Crippen LogP contribution in [-0.2, 0) is 45.9 Å². The molecular weight excluding hydrogens is 874 g/mol. The van der Waals surface area contributed by atoms with Crippen LogP contribution >= 0.6 is 0 Å². The molecule has 0 unspecified atom stereocenters. The standard InChI is InChI=1S/2C24H36O3S.Ba/c2*1-3-5-7-9-11-13-20-17-21(14-12-10-8-6-4-2)24-16-15-23(28(25,26)27)19-22(24)18-20;/h2*15-19H,3-14H2,1-2H3,(H,25,26,27);/q;;+2/p-2. The molecule has 0 aliphatic rings. The van der Waals surface area contributed by atoms with Crippen molar-refractivity contribution in [3.63, 3.8) is 0 Å². The second kappa shape index (κ2) is 28.3. The predicted octanol–water partition coefficient (Wildman–Crippen LogP) is 13.2. The van der Waals surface area contributed by atoms with E-state index in [0.29, 0.717) is 0 Å². The maximum absolute atomic E-state index is 11.4. The van der Waals surface area contributed by atoms with E-state index in [0.717, 1.165) is 72.9 Å².